The molecule has 0 fully saturated rings. The van der Waals surface area contributed by atoms with E-state index in [0.717, 1.165) is 34.5 Å². The van der Waals surface area contributed by atoms with Crippen molar-refractivity contribution < 1.29 is 4.79 Å². The molecule has 0 spiro atoms. The summed E-state index contributed by atoms with van der Waals surface area (Å²) in [5.74, 6) is -0.143. The van der Waals surface area contributed by atoms with Crippen LogP contribution < -0.4 is 16.0 Å². The Balaban J connectivity index is 1.94. The number of nitrogens with one attached hydrogen (secondary N) is 1. The zero-order chi connectivity index (χ0) is 15.0. The Labute approximate surface area is 136 Å². The van der Waals surface area contributed by atoms with Gasteiger partial charge in [-0.15, -0.1) is 11.3 Å². The van der Waals surface area contributed by atoms with Crippen molar-refractivity contribution in [3.05, 3.63) is 44.6 Å². The van der Waals surface area contributed by atoms with Crippen molar-refractivity contribution in [2.75, 3.05) is 16.8 Å². The van der Waals surface area contributed by atoms with Crippen LogP contribution in [0.5, 0.6) is 0 Å². The zero-order valence-corrected chi connectivity index (χ0v) is 14.0. The van der Waals surface area contributed by atoms with E-state index in [9.17, 15) is 4.79 Å². The maximum absolute atomic E-state index is 11.7. The molecule has 0 bridgehead atoms. The first-order valence-electron chi connectivity index (χ1n) is 6.77. The summed E-state index contributed by atoms with van der Waals surface area (Å²) in [6, 6.07) is 7.57. The number of amides is 1. The molecule has 1 atom stereocenters. The molecular weight excluding hydrogens is 350 g/mol. The van der Waals surface area contributed by atoms with E-state index in [1.165, 1.54) is 4.88 Å². The average Bonchev–Trinajstić information content (AvgIpc) is 3.06. The highest BCUT2D eigenvalue weighted by Crippen LogP contribution is 2.38. The van der Waals surface area contributed by atoms with E-state index < -0.39 is 6.04 Å². The second-order valence-electron chi connectivity index (χ2n) is 4.95. The van der Waals surface area contributed by atoms with Crippen LogP contribution in [0, 0.1) is 0 Å². The second kappa shape index (κ2) is 5.79. The number of rotatable bonds is 4. The normalized spacial score (nSPS) is 16.7. The highest BCUT2D eigenvalue weighted by molar-refractivity contribution is 9.10. The minimum atomic E-state index is -0.572. The summed E-state index contributed by atoms with van der Waals surface area (Å²) >= 11 is 5.36. The van der Waals surface area contributed by atoms with Gasteiger partial charge >= 0.3 is 0 Å². The largest absolute Gasteiger partial charge is 0.366 e. The van der Waals surface area contributed by atoms with E-state index >= 15 is 0 Å². The number of nitrogens with zero attached hydrogens (tertiary/aromatic N) is 1. The Morgan fingerprint density at radius 2 is 2.29 bits per heavy atom. The van der Waals surface area contributed by atoms with Crippen molar-refractivity contribution in [2.45, 2.75) is 19.5 Å². The third-order valence-electron chi connectivity index (χ3n) is 3.64. The highest BCUT2D eigenvalue weighted by atomic mass is 79.9. The lowest BCUT2D eigenvalue weighted by Crippen LogP contribution is -2.22. The van der Waals surface area contributed by atoms with Crippen LogP contribution in [0.4, 0.5) is 11.4 Å². The van der Waals surface area contributed by atoms with E-state index in [0.29, 0.717) is 0 Å². The summed E-state index contributed by atoms with van der Waals surface area (Å²) in [6.45, 7) is 3.86. The first-order valence-corrected chi connectivity index (χ1v) is 8.44. The molecule has 1 unspecified atom stereocenters. The van der Waals surface area contributed by atoms with Crippen molar-refractivity contribution in [3.8, 4) is 0 Å². The standard InChI is InChI=1S/C15H16BrN3OS/c1-2-19(8-9-4-3-5-21-9)13-7-12-10(6-11(13)16)14(17)15(20)18-12/h3-7,14H,2,8,17H2,1H3,(H,18,20). The molecule has 2 aromatic rings. The van der Waals surface area contributed by atoms with Gasteiger partial charge in [0.1, 0.15) is 6.04 Å². The second-order valence-corrected chi connectivity index (χ2v) is 6.84. The van der Waals surface area contributed by atoms with Crippen LogP contribution in [0.25, 0.3) is 0 Å². The Morgan fingerprint density at radius 1 is 1.48 bits per heavy atom. The summed E-state index contributed by atoms with van der Waals surface area (Å²) in [6.07, 6.45) is 0. The van der Waals surface area contributed by atoms with Gasteiger partial charge in [-0.2, -0.15) is 0 Å². The predicted molar refractivity (Wildman–Crippen MR) is 90.7 cm³/mol. The molecule has 0 aliphatic carbocycles. The van der Waals surface area contributed by atoms with Gasteiger partial charge in [0.15, 0.2) is 0 Å². The van der Waals surface area contributed by atoms with Gasteiger partial charge in [0.2, 0.25) is 5.91 Å². The fourth-order valence-corrected chi connectivity index (χ4v) is 3.83. The molecule has 6 heteroatoms. The minimum absolute atomic E-state index is 0.143. The van der Waals surface area contributed by atoms with Crippen LogP contribution >= 0.6 is 27.3 Å². The zero-order valence-electron chi connectivity index (χ0n) is 11.6. The Kier molecular flexibility index (Phi) is 4.01. The molecular formula is C15H16BrN3OS. The van der Waals surface area contributed by atoms with Gasteiger partial charge in [-0.1, -0.05) is 6.07 Å². The molecule has 3 N–H and O–H groups in total. The Morgan fingerprint density at radius 3 is 2.95 bits per heavy atom. The molecule has 3 rings (SSSR count). The van der Waals surface area contributed by atoms with Gasteiger partial charge in [-0.05, 0) is 46.4 Å². The number of nitrogens with two attached hydrogens (primary N) is 1. The predicted octanol–water partition coefficient (Wildman–Crippen LogP) is 3.49. The first-order chi connectivity index (χ1) is 10.1. The monoisotopic (exact) mass is 365 g/mol. The SMILES string of the molecule is CCN(Cc1cccs1)c1cc2c(cc1Br)C(N)C(=O)N2. The van der Waals surface area contributed by atoms with Gasteiger partial charge in [-0.25, -0.2) is 0 Å². The van der Waals surface area contributed by atoms with Crippen LogP contribution in [0.3, 0.4) is 0 Å². The maximum Gasteiger partial charge on any atom is 0.245 e. The fraction of sp³-hybridized carbons (Fsp3) is 0.267. The molecule has 0 radical (unpaired) electrons. The van der Waals surface area contributed by atoms with Gasteiger partial charge < -0.3 is 16.0 Å². The van der Waals surface area contributed by atoms with Gasteiger partial charge in [0.05, 0.1) is 12.2 Å². The summed E-state index contributed by atoms with van der Waals surface area (Å²) in [4.78, 5) is 15.3. The number of benzene rings is 1. The smallest absolute Gasteiger partial charge is 0.245 e. The summed E-state index contributed by atoms with van der Waals surface area (Å²) < 4.78 is 0.964. The van der Waals surface area contributed by atoms with E-state index in [1.54, 1.807) is 11.3 Å². The van der Waals surface area contributed by atoms with Crippen LogP contribution in [-0.4, -0.2) is 12.5 Å². The van der Waals surface area contributed by atoms with Crippen LogP contribution in [0.2, 0.25) is 0 Å². The molecule has 1 aromatic heterocycles. The van der Waals surface area contributed by atoms with Gasteiger partial charge in [-0.3, -0.25) is 4.79 Å². The van der Waals surface area contributed by atoms with Gasteiger partial charge in [0.25, 0.3) is 0 Å². The number of fused-ring (bicyclic) bond motifs is 1. The Bertz CT molecular complexity index is 672. The number of thiophene rings is 1. The van der Waals surface area contributed by atoms with Crippen LogP contribution in [0.15, 0.2) is 34.1 Å². The lowest BCUT2D eigenvalue weighted by atomic mass is 10.1. The molecule has 4 nitrogen and oxygen atoms in total. The summed E-state index contributed by atoms with van der Waals surface area (Å²) in [5.41, 5.74) is 8.62. The number of carbonyl (C=O) groups excluding carboxylic acids is 1. The number of halogens is 1. The van der Waals surface area contributed by atoms with Crippen LogP contribution in [-0.2, 0) is 11.3 Å². The molecule has 0 saturated heterocycles. The van der Waals surface area contributed by atoms with E-state index in [2.05, 4.69) is 50.6 Å². The Hall–Kier alpha value is -1.37. The highest BCUT2D eigenvalue weighted by Gasteiger charge is 2.28. The molecule has 0 saturated carbocycles. The molecule has 21 heavy (non-hydrogen) atoms. The molecule has 1 aliphatic rings. The van der Waals surface area contributed by atoms with Crippen molar-refractivity contribution in [1.82, 2.24) is 0 Å². The number of hydrogen-bond acceptors (Lipinski definition) is 4. The van der Waals surface area contributed by atoms with E-state index in [-0.39, 0.29) is 5.91 Å². The third-order valence-corrected chi connectivity index (χ3v) is 5.14. The lowest BCUT2D eigenvalue weighted by Gasteiger charge is -2.24. The fourth-order valence-electron chi connectivity index (χ4n) is 2.49. The van der Waals surface area contributed by atoms with Crippen molar-refractivity contribution in [2.24, 2.45) is 5.73 Å². The molecule has 1 amide bonds. The van der Waals surface area contributed by atoms with E-state index in [1.807, 2.05) is 12.1 Å². The van der Waals surface area contributed by atoms with Gasteiger partial charge in [0, 0.05) is 27.1 Å². The maximum atomic E-state index is 11.7. The van der Waals surface area contributed by atoms with E-state index in [4.69, 9.17) is 5.73 Å². The molecule has 1 aliphatic heterocycles. The quantitative estimate of drug-likeness (QED) is 0.871. The lowest BCUT2D eigenvalue weighted by molar-refractivity contribution is -0.116. The molecule has 2 heterocycles. The first kappa shape index (κ1) is 14.6. The topological polar surface area (TPSA) is 58.4 Å². The summed E-state index contributed by atoms with van der Waals surface area (Å²) in [5, 5.41) is 4.93. The number of anilines is 2. The van der Waals surface area contributed by atoms with Crippen molar-refractivity contribution in [3.63, 3.8) is 0 Å². The molecule has 1 aromatic carbocycles. The summed E-state index contributed by atoms with van der Waals surface area (Å²) in [7, 11) is 0. The van der Waals surface area contributed by atoms with Crippen LogP contribution in [0.1, 0.15) is 23.4 Å². The van der Waals surface area contributed by atoms with Crippen molar-refractivity contribution in [1.29, 1.82) is 0 Å². The van der Waals surface area contributed by atoms with Crippen molar-refractivity contribution >= 4 is 44.5 Å². The average molecular weight is 366 g/mol. The number of hydrogen-bond donors (Lipinski definition) is 2. The number of carbonyl (C=O) groups is 1. The third kappa shape index (κ3) is 2.71. The molecule has 110 valence electrons. The minimum Gasteiger partial charge on any atom is -0.366 e.